The molecular formula is C17H20N2O3S. The number of nitrogens with zero attached hydrogens (tertiary/aromatic N) is 1. The monoisotopic (exact) mass is 332 g/mol. The van der Waals surface area contributed by atoms with E-state index in [1.54, 1.807) is 30.9 Å². The number of nitrogen functional groups attached to an aromatic ring is 1. The first kappa shape index (κ1) is 15.8. The number of amides is 1. The summed E-state index contributed by atoms with van der Waals surface area (Å²) in [7, 11) is -3.13. The van der Waals surface area contributed by atoms with Gasteiger partial charge in [-0.05, 0) is 36.8 Å². The third-order valence-electron chi connectivity index (χ3n) is 4.76. The van der Waals surface area contributed by atoms with Crippen molar-refractivity contribution in [1.29, 1.82) is 0 Å². The molecule has 1 aliphatic rings. The molecule has 1 fully saturated rings. The molecule has 0 bridgehead atoms. The van der Waals surface area contributed by atoms with Gasteiger partial charge in [-0.15, -0.1) is 0 Å². The minimum Gasteiger partial charge on any atom is -0.398 e. The standard InChI is InChI=1S/C17H20N2O3S/c1-11-12(2)23(21,22)8-7-19(11)17(20)15-9-13-5-3-4-6-14(13)10-16(15)18/h3-6,9-12H,7-8,18H2,1-2H3/t11-,12-/m0/s1. The van der Waals surface area contributed by atoms with E-state index in [9.17, 15) is 13.2 Å². The zero-order valence-electron chi connectivity index (χ0n) is 13.2. The second kappa shape index (κ2) is 5.53. The number of rotatable bonds is 1. The van der Waals surface area contributed by atoms with Gasteiger partial charge in [-0.3, -0.25) is 4.79 Å². The Morgan fingerprint density at radius 3 is 2.43 bits per heavy atom. The van der Waals surface area contributed by atoms with Gasteiger partial charge in [0.15, 0.2) is 9.84 Å². The molecule has 23 heavy (non-hydrogen) atoms. The Balaban J connectivity index is 1.99. The third-order valence-corrected chi connectivity index (χ3v) is 7.04. The number of anilines is 1. The van der Waals surface area contributed by atoms with Crippen molar-refractivity contribution in [3.05, 3.63) is 42.0 Å². The van der Waals surface area contributed by atoms with Crippen LogP contribution < -0.4 is 5.73 Å². The highest BCUT2D eigenvalue weighted by atomic mass is 32.2. The van der Waals surface area contributed by atoms with E-state index < -0.39 is 15.1 Å². The second-order valence-electron chi connectivity index (χ2n) is 6.10. The predicted molar refractivity (Wildman–Crippen MR) is 92.1 cm³/mol. The number of carbonyl (C=O) groups excluding carboxylic acids is 1. The molecule has 3 rings (SSSR count). The molecule has 5 nitrogen and oxygen atoms in total. The fourth-order valence-electron chi connectivity index (χ4n) is 3.05. The molecule has 6 heteroatoms. The molecule has 1 saturated heterocycles. The maximum atomic E-state index is 12.9. The van der Waals surface area contributed by atoms with E-state index in [0.717, 1.165) is 10.8 Å². The molecule has 1 aliphatic heterocycles. The molecule has 0 saturated carbocycles. The maximum Gasteiger partial charge on any atom is 0.256 e. The number of nitrogens with two attached hydrogens (primary N) is 1. The first-order valence-electron chi connectivity index (χ1n) is 7.62. The van der Waals surface area contributed by atoms with Gasteiger partial charge in [0.2, 0.25) is 0 Å². The van der Waals surface area contributed by atoms with E-state index in [2.05, 4.69) is 0 Å². The maximum absolute atomic E-state index is 12.9. The van der Waals surface area contributed by atoms with Crippen LogP contribution >= 0.6 is 0 Å². The summed E-state index contributed by atoms with van der Waals surface area (Å²) in [6.45, 7) is 3.64. The number of benzene rings is 2. The second-order valence-corrected chi connectivity index (χ2v) is 8.58. The average molecular weight is 332 g/mol. The minimum atomic E-state index is -3.13. The number of carbonyl (C=O) groups is 1. The largest absolute Gasteiger partial charge is 0.398 e. The van der Waals surface area contributed by atoms with Gasteiger partial charge in [-0.1, -0.05) is 24.3 Å². The van der Waals surface area contributed by atoms with Gasteiger partial charge >= 0.3 is 0 Å². The van der Waals surface area contributed by atoms with Crippen LogP contribution in [-0.2, 0) is 9.84 Å². The zero-order chi connectivity index (χ0) is 16.8. The van der Waals surface area contributed by atoms with Crippen LogP contribution in [0, 0.1) is 0 Å². The third kappa shape index (κ3) is 2.67. The van der Waals surface area contributed by atoms with E-state index >= 15 is 0 Å². The van der Waals surface area contributed by atoms with E-state index in [4.69, 9.17) is 5.73 Å². The molecule has 122 valence electrons. The summed E-state index contributed by atoms with van der Waals surface area (Å²) in [5, 5.41) is 1.35. The van der Waals surface area contributed by atoms with Crippen molar-refractivity contribution in [2.75, 3.05) is 18.0 Å². The van der Waals surface area contributed by atoms with Crippen molar-refractivity contribution < 1.29 is 13.2 Å². The van der Waals surface area contributed by atoms with Crippen LogP contribution in [0.2, 0.25) is 0 Å². The van der Waals surface area contributed by atoms with E-state index in [-0.39, 0.29) is 24.2 Å². The van der Waals surface area contributed by atoms with E-state index in [1.807, 2.05) is 24.3 Å². The summed E-state index contributed by atoms with van der Waals surface area (Å²) in [5.41, 5.74) is 6.91. The van der Waals surface area contributed by atoms with Crippen molar-refractivity contribution in [1.82, 2.24) is 4.90 Å². The van der Waals surface area contributed by atoms with Crippen molar-refractivity contribution in [2.24, 2.45) is 0 Å². The minimum absolute atomic E-state index is 0.00225. The highest BCUT2D eigenvalue weighted by Crippen LogP contribution is 2.26. The summed E-state index contributed by atoms with van der Waals surface area (Å²) in [5.74, 6) is -0.208. The van der Waals surface area contributed by atoms with Gasteiger partial charge in [0.1, 0.15) is 0 Å². The molecule has 0 spiro atoms. The number of hydrogen-bond acceptors (Lipinski definition) is 4. The SMILES string of the molecule is C[C@H]1[C@H](C)S(=O)(=O)CCN1C(=O)c1cc2ccccc2cc1N. The fourth-order valence-corrected chi connectivity index (χ4v) is 4.62. The van der Waals surface area contributed by atoms with Crippen molar-refractivity contribution >= 4 is 32.2 Å². The Kier molecular flexibility index (Phi) is 3.80. The Labute approximate surface area is 136 Å². The van der Waals surface area contributed by atoms with Crippen LogP contribution in [0.4, 0.5) is 5.69 Å². The molecule has 0 unspecified atom stereocenters. The smallest absolute Gasteiger partial charge is 0.256 e. The molecule has 2 N–H and O–H groups in total. The molecule has 2 atom stereocenters. The van der Waals surface area contributed by atoms with Crippen molar-refractivity contribution in [3.8, 4) is 0 Å². The van der Waals surface area contributed by atoms with Crippen LogP contribution in [0.5, 0.6) is 0 Å². The fraction of sp³-hybridized carbons (Fsp3) is 0.353. The summed E-state index contributed by atoms with van der Waals surface area (Å²) in [6, 6.07) is 10.9. The lowest BCUT2D eigenvalue weighted by molar-refractivity contribution is 0.0694. The molecule has 2 aromatic carbocycles. The van der Waals surface area contributed by atoms with Crippen LogP contribution in [-0.4, -0.2) is 42.8 Å². The highest BCUT2D eigenvalue weighted by molar-refractivity contribution is 7.92. The first-order chi connectivity index (χ1) is 10.8. The molecule has 0 radical (unpaired) electrons. The summed E-state index contributed by atoms with van der Waals surface area (Å²) < 4.78 is 24.0. The Morgan fingerprint density at radius 1 is 1.17 bits per heavy atom. The molecule has 1 amide bonds. The number of sulfone groups is 1. The van der Waals surface area contributed by atoms with Gasteiger partial charge in [0, 0.05) is 18.3 Å². The molecule has 0 aromatic heterocycles. The molecule has 0 aliphatic carbocycles. The molecular weight excluding hydrogens is 312 g/mol. The number of fused-ring (bicyclic) bond motifs is 1. The van der Waals surface area contributed by atoms with Gasteiger partial charge < -0.3 is 10.6 Å². The average Bonchev–Trinajstić information content (AvgIpc) is 2.51. The van der Waals surface area contributed by atoms with Gasteiger partial charge in [-0.2, -0.15) is 0 Å². The lowest BCUT2D eigenvalue weighted by Gasteiger charge is -2.37. The Bertz CT molecular complexity index is 877. The predicted octanol–water partition coefficient (Wildman–Crippen LogP) is 2.07. The summed E-state index contributed by atoms with van der Waals surface area (Å²) in [4.78, 5) is 14.5. The lowest BCUT2D eigenvalue weighted by atomic mass is 10.0. The normalized spacial score (nSPS) is 23.8. The number of hydrogen-bond donors (Lipinski definition) is 1. The van der Waals surface area contributed by atoms with Crippen molar-refractivity contribution in [3.63, 3.8) is 0 Å². The van der Waals surface area contributed by atoms with Crippen molar-refractivity contribution in [2.45, 2.75) is 25.1 Å². The zero-order valence-corrected chi connectivity index (χ0v) is 14.0. The summed E-state index contributed by atoms with van der Waals surface area (Å²) >= 11 is 0. The summed E-state index contributed by atoms with van der Waals surface area (Å²) in [6.07, 6.45) is 0. The quantitative estimate of drug-likeness (QED) is 0.811. The van der Waals surface area contributed by atoms with Crippen LogP contribution in [0.3, 0.4) is 0 Å². The van der Waals surface area contributed by atoms with Gasteiger partial charge in [-0.25, -0.2) is 8.42 Å². The van der Waals surface area contributed by atoms with E-state index in [1.165, 1.54) is 0 Å². The highest BCUT2D eigenvalue weighted by Gasteiger charge is 2.38. The van der Waals surface area contributed by atoms with Crippen LogP contribution in [0.15, 0.2) is 36.4 Å². The van der Waals surface area contributed by atoms with Gasteiger partial charge in [0.25, 0.3) is 5.91 Å². The van der Waals surface area contributed by atoms with Gasteiger partial charge in [0.05, 0.1) is 16.6 Å². The molecule has 1 heterocycles. The Morgan fingerprint density at radius 2 is 1.78 bits per heavy atom. The Hall–Kier alpha value is -2.08. The first-order valence-corrected chi connectivity index (χ1v) is 9.33. The van der Waals surface area contributed by atoms with E-state index in [0.29, 0.717) is 11.3 Å². The van der Waals surface area contributed by atoms with Crippen LogP contribution in [0.1, 0.15) is 24.2 Å². The van der Waals surface area contributed by atoms with Crippen LogP contribution in [0.25, 0.3) is 10.8 Å². The lowest BCUT2D eigenvalue weighted by Crippen LogP contribution is -2.54. The molecule has 2 aromatic rings. The topological polar surface area (TPSA) is 80.5 Å².